The fourth-order valence-corrected chi connectivity index (χ4v) is 5.33. The maximum absolute atomic E-state index is 14.3. The van der Waals surface area contributed by atoms with Crippen LogP contribution in [-0.2, 0) is 14.8 Å². The summed E-state index contributed by atoms with van der Waals surface area (Å²) in [7, 11) is -3.88. The van der Waals surface area contributed by atoms with Gasteiger partial charge < -0.3 is 5.32 Å². The van der Waals surface area contributed by atoms with Gasteiger partial charge in [-0.25, -0.2) is 17.2 Å². The van der Waals surface area contributed by atoms with E-state index < -0.39 is 33.5 Å². The van der Waals surface area contributed by atoms with Crippen molar-refractivity contribution in [2.24, 2.45) is 5.92 Å². The SMILES string of the molecule is Cc1nnnn1-c1ccc(F)c(NC(=O)C2CCN(S(=O)(=O)c3ccc(F)c(Cl)c3)CC2)c1. The summed E-state index contributed by atoms with van der Waals surface area (Å²) in [5.41, 5.74) is 0.455. The second-order valence-corrected chi connectivity index (χ2v) is 9.89. The van der Waals surface area contributed by atoms with Gasteiger partial charge in [0.2, 0.25) is 15.9 Å². The van der Waals surface area contributed by atoms with Crippen molar-refractivity contribution in [1.29, 1.82) is 0 Å². The fraction of sp³-hybridized carbons (Fsp3) is 0.300. The summed E-state index contributed by atoms with van der Waals surface area (Å²) in [5, 5.41) is 13.4. The molecule has 13 heteroatoms. The Morgan fingerprint density at radius 2 is 1.82 bits per heavy atom. The molecule has 0 bridgehead atoms. The number of hydrogen-bond acceptors (Lipinski definition) is 6. The minimum atomic E-state index is -3.88. The van der Waals surface area contributed by atoms with Crippen molar-refractivity contribution in [3.8, 4) is 5.69 Å². The molecule has 1 N–H and O–H groups in total. The Kier molecular flexibility index (Phi) is 6.41. The van der Waals surface area contributed by atoms with Crippen LogP contribution in [0.5, 0.6) is 0 Å². The number of anilines is 1. The van der Waals surface area contributed by atoms with Crippen molar-refractivity contribution < 1.29 is 22.0 Å². The molecule has 0 spiro atoms. The zero-order valence-corrected chi connectivity index (χ0v) is 18.9. The molecule has 33 heavy (non-hydrogen) atoms. The highest BCUT2D eigenvalue weighted by molar-refractivity contribution is 7.89. The third kappa shape index (κ3) is 4.72. The molecule has 0 radical (unpaired) electrons. The largest absolute Gasteiger partial charge is 0.323 e. The molecule has 9 nitrogen and oxygen atoms in total. The van der Waals surface area contributed by atoms with Gasteiger partial charge in [-0.1, -0.05) is 11.6 Å². The number of aromatic nitrogens is 4. The number of halogens is 3. The highest BCUT2D eigenvalue weighted by atomic mass is 35.5. The van der Waals surface area contributed by atoms with Gasteiger partial charge in [0.25, 0.3) is 0 Å². The van der Waals surface area contributed by atoms with Gasteiger partial charge in [-0.05, 0) is 66.6 Å². The lowest BCUT2D eigenvalue weighted by Crippen LogP contribution is -2.41. The maximum Gasteiger partial charge on any atom is 0.243 e. The summed E-state index contributed by atoms with van der Waals surface area (Å²) in [6, 6.07) is 7.32. The van der Waals surface area contributed by atoms with E-state index in [2.05, 4.69) is 20.8 Å². The van der Waals surface area contributed by atoms with Crippen LogP contribution >= 0.6 is 11.6 Å². The zero-order chi connectivity index (χ0) is 23.8. The Balaban J connectivity index is 1.43. The minimum absolute atomic E-state index is 0.0246. The molecule has 1 fully saturated rings. The molecule has 0 unspecified atom stereocenters. The monoisotopic (exact) mass is 496 g/mol. The first-order chi connectivity index (χ1) is 15.7. The van der Waals surface area contributed by atoms with Crippen molar-refractivity contribution in [3.05, 3.63) is 58.9 Å². The predicted octanol–water partition coefficient (Wildman–Crippen LogP) is 2.94. The van der Waals surface area contributed by atoms with Crippen molar-refractivity contribution in [2.45, 2.75) is 24.7 Å². The van der Waals surface area contributed by atoms with Gasteiger partial charge in [0.1, 0.15) is 11.6 Å². The van der Waals surface area contributed by atoms with E-state index in [0.717, 1.165) is 18.2 Å². The van der Waals surface area contributed by atoms with Crippen LogP contribution in [0, 0.1) is 24.5 Å². The molecule has 174 valence electrons. The van der Waals surface area contributed by atoms with Crippen LogP contribution in [0.1, 0.15) is 18.7 Å². The molecule has 2 aromatic carbocycles. The van der Waals surface area contributed by atoms with Crippen LogP contribution in [0.4, 0.5) is 14.5 Å². The van der Waals surface area contributed by atoms with Crippen molar-refractivity contribution >= 4 is 33.2 Å². The molecule has 1 aliphatic heterocycles. The third-order valence-electron chi connectivity index (χ3n) is 5.43. The molecule has 0 saturated carbocycles. The summed E-state index contributed by atoms with van der Waals surface area (Å²) in [4.78, 5) is 12.6. The average molecular weight is 497 g/mol. The molecule has 0 atom stereocenters. The first-order valence-corrected chi connectivity index (χ1v) is 11.8. The Morgan fingerprint density at radius 1 is 1.12 bits per heavy atom. The quantitative estimate of drug-likeness (QED) is 0.581. The number of piperidine rings is 1. The number of aryl methyl sites for hydroxylation is 1. The summed E-state index contributed by atoms with van der Waals surface area (Å²) >= 11 is 5.71. The Bertz CT molecular complexity index is 1310. The number of carbonyl (C=O) groups excluding carboxylic acids is 1. The van der Waals surface area contributed by atoms with Crippen molar-refractivity contribution in [2.75, 3.05) is 18.4 Å². The summed E-state index contributed by atoms with van der Waals surface area (Å²) in [6.07, 6.45) is 0.487. The average Bonchev–Trinajstić information content (AvgIpc) is 3.23. The second-order valence-electron chi connectivity index (χ2n) is 7.55. The molecule has 1 saturated heterocycles. The number of tetrazole rings is 1. The van der Waals surface area contributed by atoms with E-state index in [-0.39, 0.29) is 41.5 Å². The lowest BCUT2D eigenvalue weighted by Gasteiger charge is -2.30. The molecule has 0 aliphatic carbocycles. The Morgan fingerprint density at radius 3 is 2.45 bits per heavy atom. The zero-order valence-electron chi connectivity index (χ0n) is 17.4. The molecular weight excluding hydrogens is 478 g/mol. The number of sulfonamides is 1. The topological polar surface area (TPSA) is 110 Å². The maximum atomic E-state index is 14.3. The molecule has 1 aliphatic rings. The number of amides is 1. The lowest BCUT2D eigenvalue weighted by molar-refractivity contribution is -0.120. The van der Waals surface area contributed by atoms with E-state index in [1.165, 1.54) is 27.2 Å². The van der Waals surface area contributed by atoms with Gasteiger partial charge in [0.15, 0.2) is 5.82 Å². The van der Waals surface area contributed by atoms with E-state index >= 15 is 0 Å². The van der Waals surface area contributed by atoms with Crippen LogP contribution in [0.15, 0.2) is 41.3 Å². The van der Waals surface area contributed by atoms with E-state index in [1.807, 2.05) is 0 Å². The molecular formula is C20H19ClF2N6O3S. The van der Waals surface area contributed by atoms with Gasteiger partial charge in [-0.2, -0.15) is 8.99 Å². The highest BCUT2D eigenvalue weighted by Gasteiger charge is 2.32. The molecule has 3 aromatic rings. The van der Waals surface area contributed by atoms with Crippen LogP contribution in [0.2, 0.25) is 5.02 Å². The fourth-order valence-electron chi connectivity index (χ4n) is 3.59. The van der Waals surface area contributed by atoms with Crippen LogP contribution in [0.25, 0.3) is 5.69 Å². The van der Waals surface area contributed by atoms with E-state index in [4.69, 9.17) is 11.6 Å². The Labute approximate surface area is 193 Å². The van der Waals surface area contributed by atoms with E-state index in [9.17, 15) is 22.0 Å². The normalized spacial score (nSPS) is 15.5. The van der Waals surface area contributed by atoms with Gasteiger partial charge >= 0.3 is 0 Å². The summed E-state index contributed by atoms with van der Waals surface area (Å²) < 4.78 is 55.9. The Hall–Kier alpha value is -2.96. The van der Waals surface area contributed by atoms with Gasteiger partial charge in [-0.3, -0.25) is 4.79 Å². The first kappa shape index (κ1) is 23.2. The number of benzene rings is 2. The summed E-state index contributed by atoms with van der Waals surface area (Å²) in [5.74, 6) is -1.76. The van der Waals surface area contributed by atoms with Gasteiger partial charge in [-0.15, -0.1) is 5.10 Å². The standard InChI is InChI=1S/C20H19ClF2N6O3S/c1-12-25-26-27-29(12)14-2-4-18(23)19(10-14)24-20(30)13-6-8-28(9-7-13)33(31,32)15-3-5-17(22)16(21)11-15/h2-5,10-11,13H,6-9H2,1H3,(H,24,30). The van der Waals surface area contributed by atoms with Gasteiger partial charge in [0, 0.05) is 19.0 Å². The van der Waals surface area contributed by atoms with E-state index in [1.54, 1.807) is 6.92 Å². The molecule has 1 aromatic heterocycles. The third-order valence-corrected chi connectivity index (χ3v) is 7.62. The number of nitrogens with one attached hydrogen (secondary N) is 1. The number of rotatable bonds is 5. The lowest BCUT2D eigenvalue weighted by atomic mass is 9.97. The first-order valence-electron chi connectivity index (χ1n) is 9.98. The minimum Gasteiger partial charge on any atom is -0.323 e. The van der Waals surface area contributed by atoms with Crippen LogP contribution in [-0.4, -0.2) is 51.9 Å². The van der Waals surface area contributed by atoms with Crippen LogP contribution < -0.4 is 5.32 Å². The van der Waals surface area contributed by atoms with Gasteiger partial charge in [0.05, 0.1) is 21.3 Å². The molecule has 2 heterocycles. The molecule has 4 rings (SSSR count). The molecule has 1 amide bonds. The summed E-state index contributed by atoms with van der Waals surface area (Å²) in [6.45, 7) is 1.85. The highest BCUT2D eigenvalue weighted by Crippen LogP contribution is 2.28. The van der Waals surface area contributed by atoms with Crippen molar-refractivity contribution in [1.82, 2.24) is 24.5 Å². The smallest absolute Gasteiger partial charge is 0.243 e. The predicted molar refractivity (Wildman–Crippen MR) is 115 cm³/mol. The van der Waals surface area contributed by atoms with Crippen LogP contribution in [0.3, 0.4) is 0 Å². The van der Waals surface area contributed by atoms with E-state index in [0.29, 0.717) is 11.5 Å². The number of nitrogens with zero attached hydrogens (tertiary/aromatic N) is 5. The second kappa shape index (κ2) is 9.12. The number of hydrogen-bond donors (Lipinski definition) is 1. The number of carbonyl (C=O) groups is 1. The van der Waals surface area contributed by atoms with Crippen molar-refractivity contribution in [3.63, 3.8) is 0 Å².